The number of aromatic carboxylic acids is 1. The van der Waals surface area contributed by atoms with Crippen molar-refractivity contribution in [3.63, 3.8) is 0 Å². The Kier molecular flexibility index (Phi) is 5.77. The molecular weight excluding hydrogens is 399 g/mol. The summed E-state index contributed by atoms with van der Waals surface area (Å²) in [6, 6.07) is 20.2. The van der Waals surface area contributed by atoms with Crippen LogP contribution in [0.1, 0.15) is 27.0 Å². The number of hydrogen-bond acceptors (Lipinski definition) is 4. The van der Waals surface area contributed by atoms with Crippen LogP contribution in [0.3, 0.4) is 0 Å². The van der Waals surface area contributed by atoms with E-state index < -0.39 is 5.97 Å². The Labute approximate surface area is 178 Å². The molecule has 30 heavy (non-hydrogen) atoms. The number of benzene rings is 3. The van der Waals surface area contributed by atoms with Gasteiger partial charge in [-0.15, -0.1) is 0 Å². The molecule has 152 valence electrons. The highest BCUT2D eigenvalue weighted by Crippen LogP contribution is 2.31. The van der Waals surface area contributed by atoms with Crippen LogP contribution >= 0.6 is 11.3 Å². The molecule has 0 saturated heterocycles. The SMILES string of the molecule is Cc1cccc(CCN(Cc2ccc(C(=O)O)cc2)c2nc3cccc(F)c3s2)c1. The van der Waals surface area contributed by atoms with Crippen LogP contribution in [-0.2, 0) is 13.0 Å². The van der Waals surface area contributed by atoms with Gasteiger partial charge in [0.05, 0.1) is 15.8 Å². The number of carbonyl (C=O) groups is 1. The van der Waals surface area contributed by atoms with Crippen molar-refractivity contribution >= 4 is 32.7 Å². The highest BCUT2D eigenvalue weighted by molar-refractivity contribution is 7.22. The van der Waals surface area contributed by atoms with Crippen molar-refractivity contribution in [3.05, 3.63) is 94.8 Å². The third-order valence-electron chi connectivity index (χ3n) is 4.95. The number of halogens is 1. The van der Waals surface area contributed by atoms with Crippen LogP contribution < -0.4 is 4.90 Å². The van der Waals surface area contributed by atoms with Gasteiger partial charge in [0.2, 0.25) is 0 Å². The van der Waals surface area contributed by atoms with Crippen molar-refractivity contribution in [3.8, 4) is 0 Å². The second-order valence-electron chi connectivity index (χ2n) is 7.25. The van der Waals surface area contributed by atoms with E-state index in [1.54, 1.807) is 18.2 Å². The number of rotatable bonds is 7. The van der Waals surface area contributed by atoms with Gasteiger partial charge in [0, 0.05) is 13.1 Å². The lowest BCUT2D eigenvalue weighted by Crippen LogP contribution is -2.25. The minimum atomic E-state index is -0.945. The zero-order valence-corrected chi connectivity index (χ0v) is 17.3. The van der Waals surface area contributed by atoms with Crippen LogP contribution in [0, 0.1) is 12.7 Å². The molecule has 4 aromatic rings. The predicted molar refractivity (Wildman–Crippen MR) is 119 cm³/mol. The molecule has 0 fully saturated rings. The van der Waals surface area contributed by atoms with E-state index in [-0.39, 0.29) is 11.4 Å². The number of fused-ring (bicyclic) bond motifs is 1. The minimum absolute atomic E-state index is 0.257. The molecule has 1 N–H and O–H groups in total. The van der Waals surface area contributed by atoms with Gasteiger partial charge in [-0.1, -0.05) is 59.4 Å². The second kappa shape index (κ2) is 8.63. The molecule has 4 rings (SSSR count). The maximum absolute atomic E-state index is 14.2. The average molecular weight is 421 g/mol. The van der Waals surface area contributed by atoms with E-state index in [0.717, 1.165) is 17.1 Å². The average Bonchev–Trinajstić information content (AvgIpc) is 3.17. The minimum Gasteiger partial charge on any atom is -0.478 e. The number of hydrogen-bond donors (Lipinski definition) is 1. The molecule has 0 aliphatic heterocycles. The summed E-state index contributed by atoms with van der Waals surface area (Å²) in [6.45, 7) is 3.35. The van der Waals surface area contributed by atoms with E-state index in [2.05, 4.69) is 35.0 Å². The molecule has 0 radical (unpaired) electrons. The van der Waals surface area contributed by atoms with E-state index in [4.69, 9.17) is 5.11 Å². The van der Waals surface area contributed by atoms with Crippen LogP contribution in [0.15, 0.2) is 66.7 Å². The van der Waals surface area contributed by atoms with Crippen LogP contribution in [0.25, 0.3) is 10.2 Å². The second-order valence-corrected chi connectivity index (χ2v) is 8.22. The molecule has 0 saturated carbocycles. The lowest BCUT2D eigenvalue weighted by molar-refractivity contribution is 0.0697. The number of carboxylic acids is 1. The van der Waals surface area contributed by atoms with Gasteiger partial charge in [-0.3, -0.25) is 0 Å². The standard InChI is InChI=1S/C24H21FN2O2S/c1-16-4-2-5-17(14-16)12-13-27(15-18-8-10-19(11-9-18)23(28)29)24-26-21-7-3-6-20(25)22(21)30-24/h2-11,14H,12-13,15H2,1H3,(H,28,29). The fraction of sp³-hybridized carbons (Fsp3) is 0.167. The Balaban J connectivity index is 1.62. The Morgan fingerprint density at radius 3 is 2.53 bits per heavy atom. The summed E-state index contributed by atoms with van der Waals surface area (Å²) >= 11 is 1.34. The van der Waals surface area contributed by atoms with Crippen LogP contribution in [0.4, 0.5) is 9.52 Å². The molecule has 1 aromatic heterocycles. The topological polar surface area (TPSA) is 53.4 Å². The summed E-state index contributed by atoms with van der Waals surface area (Å²) in [7, 11) is 0. The van der Waals surface area contributed by atoms with Gasteiger partial charge in [-0.2, -0.15) is 0 Å². The summed E-state index contributed by atoms with van der Waals surface area (Å²) in [6.07, 6.45) is 0.827. The van der Waals surface area contributed by atoms with E-state index >= 15 is 0 Å². The molecule has 1 heterocycles. The molecule has 0 aliphatic rings. The molecule has 6 heteroatoms. The molecule has 0 spiro atoms. The largest absolute Gasteiger partial charge is 0.478 e. The maximum atomic E-state index is 14.2. The molecular formula is C24H21FN2O2S. The number of aromatic nitrogens is 1. The fourth-order valence-corrected chi connectivity index (χ4v) is 4.38. The summed E-state index contributed by atoms with van der Waals surface area (Å²) in [5.41, 5.74) is 4.33. The third-order valence-corrected chi connectivity index (χ3v) is 6.09. The van der Waals surface area contributed by atoms with Crippen molar-refractivity contribution in [2.24, 2.45) is 0 Å². The van der Waals surface area contributed by atoms with Crippen LogP contribution in [0.5, 0.6) is 0 Å². The maximum Gasteiger partial charge on any atom is 0.335 e. The quantitative estimate of drug-likeness (QED) is 0.417. The zero-order chi connectivity index (χ0) is 21.1. The van der Waals surface area contributed by atoms with Crippen molar-refractivity contribution in [1.29, 1.82) is 0 Å². The predicted octanol–water partition coefficient (Wildman–Crippen LogP) is 5.69. The van der Waals surface area contributed by atoms with Gasteiger partial charge < -0.3 is 10.0 Å². The van der Waals surface area contributed by atoms with E-state index in [9.17, 15) is 9.18 Å². The first-order valence-corrected chi connectivity index (χ1v) is 10.5. The van der Waals surface area contributed by atoms with Gasteiger partial charge in [-0.05, 0) is 48.7 Å². The highest BCUT2D eigenvalue weighted by atomic mass is 32.1. The first-order valence-electron chi connectivity index (χ1n) is 9.67. The van der Waals surface area contributed by atoms with Crippen molar-refractivity contribution in [2.45, 2.75) is 19.9 Å². The van der Waals surface area contributed by atoms with E-state index in [0.29, 0.717) is 23.3 Å². The van der Waals surface area contributed by atoms with Gasteiger partial charge in [-0.25, -0.2) is 14.2 Å². The Morgan fingerprint density at radius 2 is 1.83 bits per heavy atom. The number of thiazole rings is 1. The summed E-state index contributed by atoms with van der Waals surface area (Å²) < 4.78 is 14.8. The molecule has 3 aromatic carbocycles. The lowest BCUT2D eigenvalue weighted by atomic mass is 10.1. The van der Waals surface area contributed by atoms with Crippen LogP contribution in [0.2, 0.25) is 0 Å². The van der Waals surface area contributed by atoms with Crippen LogP contribution in [-0.4, -0.2) is 22.6 Å². The summed E-state index contributed by atoms with van der Waals surface area (Å²) in [5.74, 6) is -1.21. The number of carboxylic acid groups (broad SMARTS) is 1. The normalized spacial score (nSPS) is 11.0. The molecule has 4 nitrogen and oxygen atoms in total. The Morgan fingerprint density at radius 1 is 1.07 bits per heavy atom. The molecule has 0 unspecified atom stereocenters. The van der Waals surface area contributed by atoms with Crippen molar-refractivity contribution in [1.82, 2.24) is 4.98 Å². The lowest BCUT2D eigenvalue weighted by Gasteiger charge is -2.22. The van der Waals surface area contributed by atoms with Crippen molar-refractivity contribution in [2.75, 3.05) is 11.4 Å². The van der Waals surface area contributed by atoms with Gasteiger partial charge in [0.1, 0.15) is 5.82 Å². The number of anilines is 1. The molecule has 0 amide bonds. The highest BCUT2D eigenvalue weighted by Gasteiger charge is 2.15. The summed E-state index contributed by atoms with van der Waals surface area (Å²) in [5, 5.41) is 9.88. The third kappa shape index (κ3) is 4.49. The zero-order valence-electron chi connectivity index (χ0n) is 16.5. The van der Waals surface area contributed by atoms with Gasteiger partial charge >= 0.3 is 5.97 Å². The Bertz CT molecular complexity index is 1190. The number of nitrogens with zero attached hydrogens (tertiary/aromatic N) is 2. The van der Waals surface area contributed by atoms with E-state index in [1.807, 2.05) is 24.3 Å². The molecule has 0 atom stereocenters. The first-order chi connectivity index (χ1) is 14.5. The molecule has 0 bridgehead atoms. The molecule has 0 aliphatic carbocycles. The van der Waals surface area contributed by atoms with E-state index in [1.165, 1.54) is 28.5 Å². The monoisotopic (exact) mass is 420 g/mol. The fourth-order valence-electron chi connectivity index (χ4n) is 3.39. The summed E-state index contributed by atoms with van der Waals surface area (Å²) in [4.78, 5) is 17.9. The first kappa shape index (κ1) is 20.0. The van der Waals surface area contributed by atoms with Gasteiger partial charge in [0.25, 0.3) is 0 Å². The number of aryl methyl sites for hydroxylation is 1. The Hall–Kier alpha value is -3.25. The smallest absolute Gasteiger partial charge is 0.335 e. The van der Waals surface area contributed by atoms with Gasteiger partial charge in [0.15, 0.2) is 5.13 Å². The van der Waals surface area contributed by atoms with Crippen molar-refractivity contribution < 1.29 is 14.3 Å².